The van der Waals surface area contributed by atoms with E-state index in [9.17, 15) is 9.59 Å². The molecular formula is C15H24N4O2S. The number of likely N-dealkylation sites (N-methyl/N-ethyl adjacent to an activating group) is 1. The van der Waals surface area contributed by atoms with Crippen molar-refractivity contribution in [3.05, 3.63) is 16.1 Å². The van der Waals surface area contributed by atoms with Crippen LogP contribution in [0.1, 0.15) is 36.1 Å². The second kappa shape index (κ2) is 7.58. The fraction of sp³-hybridized carbons (Fsp3) is 0.667. The molecular weight excluding hydrogens is 300 g/mol. The van der Waals surface area contributed by atoms with Crippen LogP contribution >= 0.6 is 11.3 Å². The van der Waals surface area contributed by atoms with Gasteiger partial charge in [0.1, 0.15) is 6.54 Å². The van der Waals surface area contributed by atoms with E-state index >= 15 is 0 Å². The lowest BCUT2D eigenvalue weighted by Gasteiger charge is -2.22. The van der Waals surface area contributed by atoms with E-state index in [0.717, 1.165) is 18.0 Å². The first-order valence-corrected chi connectivity index (χ1v) is 8.55. The number of thiazole rings is 1. The molecule has 1 aromatic rings. The van der Waals surface area contributed by atoms with E-state index < -0.39 is 0 Å². The summed E-state index contributed by atoms with van der Waals surface area (Å²) in [6.45, 7) is 8.80. The van der Waals surface area contributed by atoms with Gasteiger partial charge in [-0.2, -0.15) is 0 Å². The Hall–Kier alpha value is -1.63. The topological polar surface area (TPSA) is 65.5 Å². The van der Waals surface area contributed by atoms with Gasteiger partial charge in [0.2, 0.25) is 5.91 Å². The SMILES string of the molecule is CCN1CCCN(C(=O)NC[C@H](C)c2ncc(C)s2)CC1=O. The van der Waals surface area contributed by atoms with Crippen LogP contribution in [0.3, 0.4) is 0 Å². The van der Waals surface area contributed by atoms with Crippen molar-refractivity contribution in [2.45, 2.75) is 33.1 Å². The molecule has 0 spiro atoms. The molecule has 1 atom stereocenters. The highest BCUT2D eigenvalue weighted by atomic mass is 32.1. The Morgan fingerprint density at radius 1 is 1.50 bits per heavy atom. The Kier molecular flexibility index (Phi) is 5.76. The molecule has 7 heteroatoms. The van der Waals surface area contributed by atoms with Gasteiger partial charge in [0.25, 0.3) is 0 Å². The first-order valence-electron chi connectivity index (χ1n) is 7.74. The summed E-state index contributed by atoms with van der Waals surface area (Å²) in [7, 11) is 0. The molecule has 0 aliphatic carbocycles. The number of amides is 3. The third-order valence-corrected chi connectivity index (χ3v) is 4.97. The average Bonchev–Trinajstić information content (AvgIpc) is 2.84. The summed E-state index contributed by atoms with van der Waals surface area (Å²) in [5, 5.41) is 3.95. The average molecular weight is 324 g/mol. The van der Waals surface area contributed by atoms with Crippen molar-refractivity contribution in [2.24, 2.45) is 0 Å². The Morgan fingerprint density at radius 3 is 2.91 bits per heavy atom. The first-order chi connectivity index (χ1) is 10.5. The maximum absolute atomic E-state index is 12.3. The third-order valence-electron chi connectivity index (χ3n) is 3.82. The minimum atomic E-state index is -0.161. The second-order valence-electron chi connectivity index (χ2n) is 5.64. The minimum Gasteiger partial charge on any atom is -0.341 e. The number of urea groups is 1. The van der Waals surface area contributed by atoms with E-state index in [1.54, 1.807) is 21.1 Å². The van der Waals surface area contributed by atoms with Crippen LogP contribution in [0.25, 0.3) is 0 Å². The molecule has 1 aromatic heterocycles. The summed E-state index contributed by atoms with van der Waals surface area (Å²) in [6, 6.07) is -0.161. The Morgan fingerprint density at radius 2 is 2.27 bits per heavy atom. The fourth-order valence-corrected chi connectivity index (χ4v) is 3.29. The number of rotatable bonds is 4. The van der Waals surface area contributed by atoms with Gasteiger partial charge < -0.3 is 15.1 Å². The smallest absolute Gasteiger partial charge is 0.317 e. The van der Waals surface area contributed by atoms with Gasteiger partial charge in [0.05, 0.1) is 5.01 Å². The largest absolute Gasteiger partial charge is 0.341 e. The molecule has 0 unspecified atom stereocenters. The summed E-state index contributed by atoms with van der Waals surface area (Å²) < 4.78 is 0. The lowest BCUT2D eigenvalue weighted by molar-refractivity contribution is -0.130. The molecule has 22 heavy (non-hydrogen) atoms. The number of aryl methyl sites for hydroxylation is 1. The molecule has 0 saturated carbocycles. The molecule has 1 saturated heterocycles. The van der Waals surface area contributed by atoms with Gasteiger partial charge in [-0.1, -0.05) is 6.92 Å². The van der Waals surface area contributed by atoms with Gasteiger partial charge in [0, 0.05) is 43.2 Å². The number of carbonyl (C=O) groups excluding carboxylic acids is 2. The molecule has 0 bridgehead atoms. The lowest BCUT2D eigenvalue weighted by atomic mass is 10.2. The molecule has 1 aliphatic heterocycles. The standard InChI is InChI=1S/C15H24N4O2S/c1-4-18-6-5-7-19(10-13(18)20)15(21)17-8-11(2)14-16-9-12(3)22-14/h9,11H,4-8,10H2,1-3H3,(H,17,21)/t11-/m0/s1. The van der Waals surface area contributed by atoms with Crippen LogP contribution in [-0.2, 0) is 4.79 Å². The van der Waals surface area contributed by atoms with Crippen LogP contribution in [0.15, 0.2) is 6.20 Å². The van der Waals surface area contributed by atoms with Crippen LogP contribution in [0, 0.1) is 6.92 Å². The highest BCUT2D eigenvalue weighted by Crippen LogP contribution is 2.20. The van der Waals surface area contributed by atoms with E-state index in [4.69, 9.17) is 0 Å². The van der Waals surface area contributed by atoms with Crippen molar-refractivity contribution in [1.29, 1.82) is 0 Å². The first kappa shape index (κ1) is 16.7. The molecule has 0 aromatic carbocycles. The number of hydrogen-bond donors (Lipinski definition) is 1. The Bertz CT molecular complexity index is 531. The number of hydrogen-bond acceptors (Lipinski definition) is 4. The molecule has 2 rings (SSSR count). The van der Waals surface area contributed by atoms with E-state index in [1.807, 2.05) is 27.0 Å². The van der Waals surface area contributed by atoms with E-state index in [0.29, 0.717) is 19.6 Å². The molecule has 1 aliphatic rings. The molecule has 2 heterocycles. The minimum absolute atomic E-state index is 0.0266. The predicted molar refractivity (Wildman–Crippen MR) is 87.1 cm³/mol. The van der Waals surface area contributed by atoms with Crippen LogP contribution in [-0.4, -0.2) is 59.4 Å². The Balaban J connectivity index is 1.85. The molecule has 6 nitrogen and oxygen atoms in total. The van der Waals surface area contributed by atoms with Crippen molar-refractivity contribution < 1.29 is 9.59 Å². The van der Waals surface area contributed by atoms with Crippen molar-refractivity contribution in [3.8, 4) is 0 Å². The molecule has 1 N–H and O–H groups in total. The van der Waals surface area contributed by atoms with Gasteiger partial charge in [-0.3, -0.25) is 4.79 Å². The van der Waals surface area contributed by atoms with Crippen molar-refractivity contribution >= 4 is 23.3 Å². The summed E-state index contributed by atoms with van der Waals surface area (Å²) in [5.74, 6) is 0.205. The van der Waals surface area contributed by atoms with Crippen LogP contribution in [0.5, 0.6) is 0 Å². The van der Waals surface area contributed by atoms with Gasteiger partial charge in [-0.15, -0.1) is 11.3 Å². The molecule has 122 valence electrons. The monoisotopic (exact) mass is 324 g/mol. The van der Waals surface area contributed by atoms with Gasteiger partial charge in [-0.25, -0.2) is 9.78 Å². The van der Waals surface area contributed by atoms with Crippen molar-refractivity contribution in [3.63, 3.8) is 0 Å². The van der Waals surface area contributed by atoms with Gasteiger partial charge in [-0.05, 0) is 20.3 Å². The van der Waals surface area contributed by atoms with E-state index in [1.165, 1.54) is 4.88 Å². The number of aromatic nitrogens is 1. The van der Waals surface area contributed by atoms with E-state index in [2.05, 4.69) is 10.3 Å². The van der Waals surface area contributed by atoms with Gasteiger partial charge >= 0.3 is 6.03 Å². The quantitative estimate of drug-likeness (QED) is 0.919. The maximum atomic E-state index is 12.3. The highest BCUT2D eigenvalue weighted by molar-refractivity contribution is 7.11. The molecule has 0 radical (unpaired) electrons. The lowest BCUT2D eigenvalue weighted by Crippen LogP contribution is -2.45. The normalized spacial score (nSPS) is 17.3. The highest BCUT2D eigenvalue weighted by Gasteiger charge is 2.24. The fourth-order valence-electron chi connectivity index (χ4n) is 2.47. The number of nitrogens with zero attached hydrogens (tertiary/aromatic N) is 3. The third kappa shape index (κ3) is 4.19. The Labute approximate surface area is 135 Å². The summed E-state index contributed by atoms with van der Waals surface area (Å²) >= 11 is 1.65. The van der Waals surface area contributed by atoms with Crippen molar-refractivity contribution in [2.75, 3.05) is 32.7 Å². The van der Waals surface area contributed by atoms with Crippen LogP contribution in [0.2, 0.25) is 0 Å². The predicted octanol–water partition coefficient (Wildman–Crippen LogP) is 1.82. The number of carbonyl (C=O) groups is 2. The zero-order valence-corrected chi connectivity index (χ0v) is 14.3. The molecule has 3 amide bonds. The molecule has 1 fully saturated rings. The second-order valence-corrected chi connectivity index (χ2v) is 6.91. The summed E-state index contributed by atoms with van der Waals surface area (Å²) in [4.78, 5) is 33.2. The van der Waals surface area contributed by atoms with Crippen LogP contribution < -0.4 is 5.32 Å². The van der Waals surface area contributed by atoms with Crippen molar-refractivity contribution in [1.82, 2.24) is 20.1 Å². The number of nitrogens with one attached hydrogen (secondary N) is 1. The van der Waals surface area contributed by atoms with Crippen LogP contribution in [0.4, 0.5) is 4.79 Å². The zero-order valence-electron chi connectivity index (χ0n) is 13.5. The summed E-state index contributed by atoms with van der Waals surface area (Å²) in [5.41, 5.74) is 0. The van der Waals surface area contributed by atoms with Gasteiger partial charge in [0.15, 0.2) is 0 Å². The zero-order chi connectivity index (χ0) is 16.1. The maximum Gasteiger partial charge on any atom is 0.317 e. The van der Waals surface area contributed by atoms with E-state index in [-0.39, 0.29) is 24.4 Å². The summed E-state index contributed by atoms with van der Waals surface area (Å²) in [6.07, 6.45) is 2.68.